The number of aliphatic hydroxyl groups is 1. The summed E-state index contributed by atoms with van der Waals surface area (Å²) in [6, 6.07) is 14.9. The van der Waals surface area contributed by atoms with Crippen molar-refractivity contribution in [2.24, 2.45) is 0 Å². The molecular formula is C22H21N3O4. The Balaban J connectivity index is 1.82. The van der Waals surface area contributed by atoms with Crippen molar-refractivity contribution >= 4 is 5.52 Å². The van der Waals surface area contributed by atoms with E-state index in [1.54, 1.807) is 31.2 Å². The third-order valence-corrected chi connectivity index (χ3v) is 4.91. The van der Waals surface area contributed by atoms with E-state index in [2.05, 4.69) is 5.10 Å². The Morgan fingerprint density at radius 2 is 1.76 bits per heavy atom. The molecule has 0 bridgehead atoms. The molecule has 2 aromatic heterocycles. The van der Waals surface area contributed by atoms with Crippen LogP contribution in [0, 0.1) is 0 Å². The van der Waals surface area contributed by atoms with Crippen LogP contribution in [0.15, 0.2) is 65.7 Å². The van der Waals surface area contributed by atoms with E-state index in [1.165, 1.54) is 4.52 Å². The summed E-state index contributed by atoms with van der Waals surface area (Å²) in [7, 11) is 3.20. The highest BCUT2D eigenvalue weighted by Crippen LogP contribution is 2.27. The first-order valence-electron chi connectivity index (χ1n) is 9.14. The van der Waals surface area contributed by atoms with E-state index in [0.717, 1.165) is 16.9 Å². The Kier molecular flexibility index (Phi) is 5.05. The van der Waals surface area contributed by atoms with Crippen molar-refractivity contribution in [2.75, 3.05) is 14.2 Å². The van der Waals surface area contributed by atoms with Gasteiger partial charge in [-0.3, -0.25) is 4.79 Å². The second-order valence-corrected chi connectivity index (χ2v) is 6.55. The van der Waals surface area contributed by atoms with Gasteiger partial charge in [-0.25, -0.2) is 4.52 Å². The fourth-order valence-corrected chi connectivity index (χ4v) is 3.42. The molecule has 2 heterocycles. The first-order valence-corrected chi connectivity index (χ1v) is 9.14. The maximum atomic E-state index is 13.2. The van der Waals surface area contributed by atoms with Crippen LogP contribution in [-0.4, -0.2) is 33.5 Å². The van der Waals surface area contributed by atoms with Crippen LogP contribution in [0.25, 0.3) is 16.8 Å². The van der Waals surface area contributed by atoms with E-state index in [9.17, 15) is 9.90 Å². The van der Waals surface area contributed by atoms with Gasteiger partial charge in [0.25, 0.3) is 5.56 Å². The average Bonchev–Trinajstić information content (AvgIpc) is 3.15. The summed E-state index contributed by atoms with van der Waals surface area (Å²) < 4.78 is 13.7. The summed E-state index contributed by atoms with van der Waals surface area (Å²) in [5, 5.41) is 14.5. The minimum absolute atomic E-state index is 0.227. The third kappa shape index (κ3) is 3.36. The molecule has 2 aromatic carbocycles. The smallest absolute Gasteiger partial charge is 0.277 e. The van der Waals surface area contributed by atoms with E-state index in [-0.39, 0.29) is 12.2 Å². The summed E-state index contributed by atoms with van der Waals surface area (Å²) in [6.07, 6.45) is 3.41. The molecule has 0 saturated carbocycles. The molecule has 148 valence electrons. The van der Waals surface area contributed by atoms with Gasteiger partial charge in [0.1, 0.15) is 17.0 Å². The number of nitrogens with zero attached hydrogens (tertiary/aromatic N) is 3. The molecule has 0 aliphatic rings. The molecule has 0 spiro atoms. The van der Waals surface area contributed by atoms with Crippen molar-refractivity contribution in [3.8, 4) is 22.8 Å². The Hall–Kier alpha value is -3.58. The molecule has 0 fully saturated rings. The predicted octanol–water partition coefficient (Wildman–Crippen LogP) is 2.72. The maximum absolute atomic E-state index is 13.2. The zero-order valence-corrected chi connectivity index (χ0v) is 16.2. The number of benzene rings is 2. The number of methoxy groups -OCH3 is 2. The molecule has 0 atom stereocenters. The Bertz CT molecular complexity index is 1210. The summed E-state index contributed by atoms with van der Waals surface area (Å²) in [5.41, 5.74) is 2.89. The highest BCUT2D eigenvalue weighted by Gasteiger charge is 2.18. The lowest BCUT2D eigenvalue weighted by Crippen LogP contribution is -2.22. The molecule has 0 aliphatic heterocycles. The van der Waals surface area contributed by atoms with Gasteiger partial charge in [0.2, 0.25) is 0 Å². The zero-order chi connectivity index (χ0) is 20.4. The summed E-state index contributed by atoms with van der Waals surface area (Å²) in [4.78, 5) is 13.2. The molecule has 7 heteroatoms. The number of hydrogen-bond acceptors (Lipinski definition) is 5. The highest BCUT2D eigenvalue weighted by molar-refractivity contribution is 5.72. The van der Waals surface area contributed by atoms with Crippen LogP contribution in [0.5, 0.6) is 11.5 Å². The van der Waals surface area contributed by atoms with Gasteiger partial charge in [-0.05, 0) is 30.3 Å². The molecular weight excluding hydrogens is 370 g/mol. The number of para-hydroxylation sites is 1. The van der Waals surface area contributed by atoms with E-state index in [0.29, 0.717) is 29.1 Å². The van der Waals surface area contributed by atoms with Crippen molar-refractivity contribution < 1.29 is 14.6 Å². The van der Waals surface area contributed by atoms with Crippen molar-refractivity contribution in [2.45, 2.75) is 13.2 Å². The lowest BCUT2D eigenvalue weighted by Gasteiger charge is -2.10. The SMILES string of the molecule is COc1ccc(-c2nn3ccn(Cc4ccccc4OC)c(=O)c3c2CO)cc1. The monoisotopic (exact) mass is 391 g/mol. The molecule has 1 N–H and O–H groups in total. The first-order chi connectivity index (χ1) is 14.2. The normalized spacial score (nSPS) is 11.0. The van der Waals surface area contributed by atoms with Crippen LogP contribution in [0.1, 0.15) is 11.1 Å². The van der Waals surface area contributed by atoms with Gasteiger partial charge in [-0.1, -0.05) is 18.2 Å². The number of rotatable bonds is 6. The molecule has 7 nitrogen and oxygen atoms in total. The number of aliphatic hydroxyl groups excluding tert-OH is 1. The Morgan fingerprint density at radius 1 is 1.00 bits per heavy atom. The van der Waals surface area contributed by atoms with Crippen LogP contribution < -0.4 is 15.0 Å². The van der Waals surface area contributed by atoms with E-state index in [4.69, 9.17) is 9.47 Å². The van der Waals surface area contributed by atoms with E-state index in [1.807, 2.05) is 48.5 Å². The predicted molar refractivity (Wildman–Crippen MR) is 109 cm³/mol. The Morgan fingerprint density at radius 3 is 2.45 bits per heavy atom. The second kappa shape index (κ2) is 7.81. The van der Waals surface area contributed by atoms with Crippen LogP contribution in [0.2, 0.25) is 0 Å². The first kappa shape index (κ1) is 18.8. The average molecular weight is 391 g/mol. The molecule has 29 heavy (non-hydrogen) atoms. The van der Waals surface area contributed by atoms with E-state index < -0.39 is 0 Å². The molecule has 0 saturated heterocycles. The van der Waals surface area contributed by atoms with Crippen LogP contribution in [0.3, 0.4) is 0 Å². The van der Waals surface area contributed by atoms with Gasteiger partial charge in [0, 0.05) is 29.1 Å². The molecule has 0 aliphatic carbocycles. The highest BCUT2D eigenvalue weighted by atomic mass is 16.5. The fourth-order valence-electron chi connectivity index (χ4n) is 3.42. The zero-order valence-electron chi connectivity index (χ0n) is 16.2. The summed E-state index contributed by atoms with van der Waals surface area (Å²) in [5.74, 6) is 1.44. The van der Waals surface area contributed by atoms with Gasteiger partial charge >= 0.3 is 0 Å². The van der Waals surface area contributed by atoms with Gasteiger partial charge < -0.3 is 19.1 Å². The van der Waals surface area contributed by atoms with Crippen molar-refractivity contribution in [1.82, 2.24) is 14.2 Å². The maximum Gasteiger partial charge on any atom is 0.277 e. The minimum Gasteiger partial charge on any atom is -0.497 e. The summed E-state index contributed by atoms with van der Waals surface area (Å²) in [6.45, 7) is 0.0615. The fraction of sp³-hybridized carbons (Fsp3) is 0.182. The second-order valence-electron chi connectivity index (χ2n) is 6.55. The molecule has 4 rings (SSSR count). The lowest BCUT2D eigenvalue weighted by molar-refractivity contribution is 0.283. The van der Waals surface area contributed by atoms with Gasteiger partial charge in [0.15, 0.2) is 0 Å². The van der Waals surface area contributed by atoms with Crippen molar-refractivity contribution in [1.29, 1.82) is 0 Å². The van der Waals surface area contributed by atoms with Gasteiger partial charge in [-0.2, -0.15) is 5.10 Å². The van der Waals surface area contributed by atoms with Crippen LogP contribution in [-0.2, 0) is 13.2 Å². The van der Waals surface area contributed by atoms with E-state index >= 15 is 0 Å². The van der Waals surface area contributed by atoms with Crippen LogP contribution in [0.4, 0.5) is 0 Å². The Labute approximate surface area is 167 Å². The van der Waals surface area contributed by atoms with Gasteiger partial charge in [0.05, 0.1) is 33.1 Å². The number of hydrogen-bond donors (Lipinski definition) is 1. The van der Waals surface area contributed by atoms with Gasteiger partial charge in [-0.15, -0.1) is 0 Å². The third-order valence-electron chi connectivity index (χ3n) is 4.91. The number of fused-ring (bicyclic) bond motifs is 1. The summed E-state index contributed by atoms with van der Waals surface area (Å²) >= 11 is 0. The number of ether oxygens (including phenoxy) is 2. The molecule has 4 aromatic rings. The standard InChI is InChI=1S/C22H21N3O4/c1-28-17-9-7-15(8-10-17)20-18(14-26)21-22(27)24(11-12-25(21)23-20)13-16-5-3-4-6-19(16)29-2/h3-12,26H,13-14H2,1-2H3. The van der Waals surface area contributed by atoms with Crippen molar-refractivity contribution in [3.63, 3.8) is 0 Å². The van der Waals surface area contributed by atoms with Crippen LogP contribution >= 0.6 is 0 Å². The largest absolute Gasteiger partial charge is 0.497 e. The molecule has 0 unspecified atom stereocenters. The molecule has 0 amide bonds. The topological polar surface area (TPSA) is 78.0 Å². The lowest BCUT2D eigenvalue weighted by atomic mass is 10.1. The quantitative estimate of drug-likeness (QED) is 0.547. The number of aromatic nitrogens is 3. The minimum atomic E-state index is -0.293. The molecule has 0 radical (unpaired) electrons. The van der Waals surface area contributed by atoms with Crippen molar-refractivity contribution in [3.05, 3.63) is 82.4 Å².